The van der Waals surface area contributed by atoms with Crippen LogP contribution in [0.2, 0.25) is 0 Å². The Morgan fingerprint density at radius 3 is 2.84 bits per heavy atom. The van der Waals surface area contributed by atoms with E-state index in [1.807, 2.05) is 0 Å². The molecule has 2 rings (SSSR count). The van der Waals surface area contributed by atoms with Gasteiger partial charge in [0.15, 0.2) is 0 Å². The molecule has 1 aliphatic rings. The van der Waals surface area contributed by atoms with Gasteiger partial charge in [-0.3, -0.25) is 4.79 Å². The predicted octanol–water partition coefficient (Wildman–Crippen LogP) is 1.93. The lowest BCUT2D eigenvalue weighted by Crippen LogP contribution is -2.39. The molecule has 0 unspecified atom stereocenters. The number of nitrogens with zero attached hydrogens (tertiary/aromatic N) is 2. The van der Waals surface area contributed by atoms with E-state index in [0.29, 0.717) is 31.2 Å². The molecule has 0 saturated heterocycles. The molecule has 1 aliphatic carbocycles. The van der Waals surface area contributed by atoms with Gasteiger partial charge in [-0.2, -0.15) is 4.98 Å². The number of hydrogen-bond donors (Lipinski definition) is 2. The van der Waals surface area contributed by atoms with Crippen LogP contribution in [0.15, 0.2) is 12.3 Å². The maximum Gasteiger partial charge on any atom is 0.311 e. The molecule has 6 nitrogen and oxygen atoms in total. The van der Waals surface area contributed by atoms with Gasteiger partial charge in [0.2, 0.25) is 11.8 Å². The quantitative estimate of drug-likeness (QED) is 0.846. The molecule has 104 valence electrons. The Bertz CT molecular complexity index is 445. The van der Waals surface area contributed by atoms with Crippen LogP contribution in [0.4, 0.5) is 5.95 Å². The number of rotatable bonds is 5. The monoisotopic (exact) mass is 265 g/mol. The maximum atomic E-state index is 11.5. The fraction of sp³-hybridized carbons (Fsp3) is 0.615. The minimum atomic E-state index is -0.734. The number of carboxylic acid groups (broad SMARTS) is 1. The lowest BCUT2D eigenvalue weighted by Gasteiger charge is -2.33. The summed E-state index contributed by atoms with van der Waals surface area (Å²) in [5, 5.41) is 12.5. The van der Waals surface area contributed by atoms with E-state index in [9.17, 15) is 9.90 Å². The molecule has 2 N–H and O–H groups in total. The SMILES string of the molecule is COc1ccnc(NCC2(C(=O)O)CCCCC2)n1. The van der Waals surface area contributed by atoms with Gasteiger partial charge < -0.3 is 15.2 Å². The van der Waals surface area contributed by atoms with Gasteiger partial charge in [-0.05, 0) is 12.8 Å². The first kappa shape index (κ1) is 13.6. The fourth-order valence-electron chi connectivity index (χ4n) is 2.48. The topological polar surface area (TPSA) is 84.3 Å². The number of aromatic nitrogens is 2. The zero-order chi connectivity index (χ0) is 13.7. The fourth-order valence-corrected chi connectivity index (χ4v) is 2.48. The van der Waals surface area contributed by atoms with Crippen molar-refractivity contribution < 1.29 is 14.6 Å². The minimum Gasteiger partial charge on any atom is -0.481 e. The van der Waals surface area contributed by atoms with Gasteiger partial charge in [0.05, 0.1) is 12.5 Å². The largest absolute Gasteiger partial charge is 0.481 e. The standard InChI is InChI=1S/C13H19N3O3/c1-19-10-5-8-14-12(16-10)15-9-13(11(17)18)6-3-2-4-7-13/h5,8H,2-4,6-7,9H2,1H3,(H,17,18)(H,14,15,16). The summed E-state index contributed by atoms with van der Waals surface area (Å²) < 4.78 is 5.01. The van der Waals surface area contributed by atoms with Crippen LogP contribution >= 0.6 is 0 Å². The molecule has 0 aromatic carbocycles. The second kappa shape index (κ2) is 5.86. The number of nitrogens with one attached hydrogen (secondary N) is 1. The first-order valence-electron chi connectivity index (χ1n) is 6.51. The summed E-state index contributed by atoms with van der Waals surface area (Å²) >= 11 is 0. The van der Waals surface area contributed by atoms with Crippen LogP contribution in [-0.2, 0) is 4.79 Å². The van der Waals surface area contributed by atoms with Crippen molar-refractivity contribution in [2.24, 2.45) is 5.41 Å². The summed E-state index contributed by atoms with van der Waals surface area (Å²) in [7, 11) is 1.53. The third kappa shape index (κ3) is 3.13. The Labute approximate surface area is 112 Å². The van der Waals surface area contributed by atoms with Crippen LogP contribution < -0.4 is 10.1 Å². The number of hydrogen-bond acceptors (Lipinski definition) is 5. The number of carboxylic acids is 1. The molecule has 1 aromatic rings. The van der Waals surface area contributed by atoms with E-state index in [0.717, 1.165) is 19.3 Å². The molecule has 0 radical (unpaired) electrons. The molecule has 19 heavy (non-hydrogen) atoms. The van der Waals surface area contributed by atoms with E-state index in [1.165, 1.54) is 7.11 Å². The van der Waals surface area contributed by atoms with Crippen LogP contribution in [-0.4, -0.2) is 34.7 Å². The van der Waals surface area contributed by atoms with Crippen molar-refractivity contribution in [3.63, 3.8) is 0 Å². The molecule has 0 spiro atoms. The number of ether oxygens (including phenoxy) is 1. The van der Waals surface area contributed by atoms with E-state index in [2.05, 4.69) is 15.3 Å². The van der Waals surface area contributed by atoms with Gasteiger partial charge >= 0.3 is 5.97 Å². The molecule has 1 heterocycles. The first-order valence-corrected chi connectivity index (χ1v) is 6.51. The zero-order valence-electron chi connectivity index (χ0n) is 11.1. The minimum absolute atomic E-state index is 0.357. The van der Waals surface area contributed by atoms with E-state index >= 15 is 0 Å². The van der Waals surface area contributed by atoms with Crippen molar-refractivity contribution in [3.8, 4) is 5.88 Å². The van der Waals surface area contributed by atoms with Crippen LogP contribution in [0, 0.1) is 5.41 Å². The third-order valence-electron chi connectivity index (χ3n) is 3.69. The van der Waals surface area contributed by atoms with Gasteiger partial charge in [0, 0.05) is 18.8 Å². The smallest absolute Gasteiger partial charge is 0.311 e. The highest BCUT2D eigenvalue weighted by Crippen LogP contribution is 2.36. The van der Waals surface area contributed by atoms with Crippen LogP contribution in [0.3, 0.4) is 0 Å². The number of methoxy groups -OCH3 is 1. The van der Waals surface area contributed by atoms with Crippen molar-refractivity contribution >= 4 is 11.9 Å². The number of anilines is 1. The summed E-state index contributed by atoms with van der Waals surface area (Å²) in [5.74, 6) is 0.138. The van der Waals surface area contributed by atoms with E-state index in [4.69, 9.17) is 4.74 Å². The summed E-state index contributed by atoms with van der Waals surface area (Å²) in [6.07, 6.45) is 6.05. The Balaban J connectivity index is 2.04. The lowest BCUT2D eigenvalue weighted by atomic mass is 9.74. The van der Waals surface area contributed by atoms with Gasteiger partial charge in [-0.25, -0.2) is 4.98 Å². The van der Waals surface area contributed by atoms with Gasteiger partial charge in [0.25, 0.3) is 0 Å². The number of carbonyl (C=O) groups is 1. The van der Waals surface area contributed by atoms with Crippen molar-refractivity contribution in [1.29, 1.82) is 0 Å². The molecule has 0 atom stereocenters. The number of aliphatic carboxylic acids is 1. The van der Waals surface area contributed by atoms with Crippen LogP contribution in [0.25, 0.3) is 0 Å². The summed E-state index contributed by atoms with van der Waals surface area (Å²) in [6.45, 7) is 0.357. The Morgan fingerprint density at radius 1 is 1.47 bits per heavy atom. The molecular weight excluding hydrogens is 246 g/mol. The molecule has 1 aromatic heterocycles. The second-order valence-corrected chi connectivity index (χ2v) is 4.92. The van der Waals surface area contributed by atoms with Gasteiger partial charge in [-0.15, -0.1) is 0 Å². The van der Waals surface area contributed by atoms with E-state index in [-0.39, 0.29) is 0 Å². The summed E-state index contributed by atoms with van der Waals surface area (Å²) in [6, 6.07) is 1.65. The molecule has 0 bridgehead atoms. The van der Waals surface area contributed by atoms with Crippen molar-refractivity contribution in [1.82, 2.24) is 9.97 Å². The lowest BCUT2D eigenvalue weighted by molar-refractivity contribution is -0.150. The maximum absolute atomic E-state index is 11.5. The molecule has 0 aliphatic heterocycles. The van der Waals surface area contributed by atoms with Crippen LogP contribution in [0.1, 0.15) is 32.1 Å². The first-order chi connectivity index (χ1) is 9.16. The van der Waals surface area contributed by atoms with Crippen LogP contribution in [0.5, 0.6) is 5.88 Å². The zero-order valence-corrected chi connectivity index (χ0v) is 11.1. The Kier molecular flexibility index (Phi) is 4.19. The average molecular weight is 265 g/mol. The van der Waals surface area contributed by atoms with Crippen molar-refractivity contribution in [2.75, 3.05) is 19.0 Å². The normalized spacial score (nSPS) is 17.7. The summed E-state index contributed by atoms with van der Waals surface area (Å²) in [5.41, 5.74) is -0.690. The molecule has 1 fully saturated rings. The average Bonchev–Trinajstić information content (AvgIpc) is 2.46. The Morgan fingerprint density at radius 2 is 2.21 bits per heavy atom. The molecule has 0 amide bonds. The van der Waals surface area contributed by atoms with Gasteiger partial charge in [0.1, 0.15) is 0 Å². The van der Waals surface area contributed by atoms with Gasteiger partial charge in [-0.1, -0.05) is 19.3 Å². The van der Waals surface area contributed by atoms with Crippen molar-refractivity contribution in [2.45, 2.75) is 32.1 Å². The highest BCUT2D eigenvalue weighted by atomic mass is 16.5. The highest BCUT2D eigenvalue weighted by Gasteiger charge is 2.39. The Hall–Kier alpha value is -1.85. The summed E-state index contributed by atoms with van der Waals surface area (Å²) in [4.78, 5) is 19.7. The van der Waals surface area contributed by atoms with E-state index < -0.39 is 11.4 Å². The highest BCUT2D eigenvalue weighted by molar-refractivity contribution is 5.75. The third-order valence-corrected chi connectivity index (χ3v) is 3.69. The molecule has 6 heteroatoms. The van der Waals surface area contributed by atoms with E-state index in [1.54, 1.807) is 12.3 Å². The van der Waals surface area contributed by atoms with Crippen molar-refractivity contribution in [3.05, 3.63) is 12.3 Å². The molecular formula is C13H19N3O3. The second-order valence-electron chi connectivity index (χ2n) is 4.92. The predicted molar refractivity (Wildman–Crippen MR) is 70.2 cm³/mol. The molecule has 1 saturated carbocycles.